The number of hydrogen-bond acceptors (Lipinski definition) is 5. The second-order valence-electron chi connectivity index (χ2n) is 2.92. The topological polar surface area (TPSA) is 69.9 Å². The van der Waals surface area contributed by atoms with Gasteiger partial charge in [-0.3, -0.25) is 0 Å². The van der Waals surface area contributed by atoms with Crippen LogP contribution in [0, 0.1) is 0 Å². The van der Waals surface area contributed by atoms with E-state index in [1.54, 1.807) is 13.2 Å². The lowest BCUT2D eigenvalue weighted by atomic mass is 10.0. The Morgan fingerprint density at radius 2 is 1.67 bits per heavy atom. The molecule has 1 heterocycles. The minimum atomic E-state index is -1.11. The van der Waals surface area contributed by atoms with Crippen molar-refractivity contribution in [2.45, 2.75) is 36.8 Å². The Balaban J connectivity index is 2.63. The Morgan fingerprint density at radius 1 is 1.08 bits per heavy atom. The highest BCUT2D eigenvalue weighted by Crippen LogP contribution is 2.26. The highest BCUT2D eigenvalue weighted by Gasteiger charge is 2.41. The van der Waals surface area contributed by atoms with Crippen molar-refractivity contribution in [2.75, 3.05) is 6.26 Å². The summed E-state index contributed by atoms with van der Waals surface area (Å²) in [4.78, 5) is 0. The summed E-state index contributed by atoms with van der Waals surface area (Å²) in [5.74, 6) is 0. The smallest absolute Gasteiger partial charge is 0.132 e. The number of ether oxygens (including phenoxy) is 1. The molecule has 72 valence electrons. The van der Waals surface area contributed by atoms with E-state index in [-0.39, 0.29) is 0 Å². The van der Waals surface area contributed by atoms with Crippen LogP contribution < -0.4 is 0 Å². The first-order valence-corrected chi connectivity index (χ1v) is 5.09. The Kier molecular flexibility index (Phi) is 3.37. The van der Waals surface area contributed by atoms with Gasteiger partial charge in [-0.25, -0.2) is 0 Å². The molecule has 5 heteroatoms. The number of aliphatic hydroxyl groups excluding tert-OH is 3. The molecule has 1 rings (SSSR count). The van der Waals surface area contributed by atoms with Gasteiger partial charge >= 0.3 is 0 Å². The van der Waals surface area contributed by atoms with Gasteiger partial charge in [0.25, 0.3) is 0 Å². The summed E-state index contributed by atoms with van der Waals surface area (Å²) in [7, 11) is 0. The zero-order valence-electron chi connectivity index (χ0n) is 7.04. The summed E-state index contributed by atoms with van der Waals surface area (Å²) in [5, 5.41) is 28.0. The summed E-state index contributed by atoms with van der Waals surface area (Å²) in [5.41, 5.74) is -0.446. The van der Waals surface area contributed by atoms with Crippen molar-refractivity contribution in [3.05, 3.63) is 0 Å². The van der Waals surface area contributed by atoms with Crippen LogP contribution in [-0.4, -0.2) is 51.4 Å². The fourth-order valence-corrected chi connectivity index (χ4v) is 1.93. The van der Waals surface area contributed by atoms with Crippen LogP contribution in [0.15, 0.2) is 0 Å². The molecule has 5 atom stereocenters. The molecule has 0 aromatic rings. The van der Waals surface area contributed by atoms with Gasteiger partial charge in [0.2, 0.25) is 0 Å². The Hall–Kier alpha value is 0.190. The molecule has 3 N–H and O–H groups in total. The molecule has 0 aromatic heterocycles. The lowest BCUT2D eigenvalue weighted by Gasteiger charge is -2.38. The average molecular weight is 194 g/mol. The zero-order valence-corrected chi connectivity index (χ0v) is 7.86. The van der Waals surface area contributed by atoms with Crippen LogP contribution in [0.1, 0.15) is 6.92 Å². The first kappa shape index (κ1) is 10.3. The molecule has 12 heavy (non-hydrogen) atoms. The van der Waals surface area contributed by atoms with Crippen LogP contribution >= 0.6 is 11.8 Å². The molecule has 5 unspecified atom stereocenters. The van der Waals surface area contributed by atoms with Crippen LogP contribution in [-0.2, 0) is 4.74 Å². The van der Waals surface area contributed by atoms with E-state index in [1.165, 1.54) is 11.8 Å². The van der Waals surface area contributed by atoms with Crippen LogP contribution in [0.25, 0.3) is 0 Å². The second kappa shape index (κ2) is 3.93. The van der Waals surface area contributed by atoms with Gasteiger partial charge in [-0.15, -0.1) is 11.8 Å². The standard InChI is InChI=1S/C7H14O4S/c1-3-4(8)5(9)6(10)7(11-3)12-2/h3-10H,1-2H3. The molecular formula is C7H14O4S. The van der Waals surface area contributed by atoms with Crippen LogP contribution in [0.2, 0.25) is 0 Å². The molecule has 1 aliphatic heterocycles. The summed E-state index contributed by atoms with van der Waals surface area (Å²) in [6.07, 6.45) is -1.76. The molecule has 0 amide bonds. The summed E-state index contributed by atoms with van der Waals surface area (Å²) >= 11 is 1.32. The summed E-state index contributed by atoms with van der Waals surface area (Å²) in [6, 6.07) is 0. The van der Waals surface area contributed by atoms with Gasteiger partial charge in [0.05, 0.1) is 6.10 Å². The fourth-order valence-electron chi connectivity index (χ4n) is 1.21. The van der Waals surface area contributed by atoms with Crippen molar-refractivity contribution in [1.29, 1.82) is 0 Å². The highest BCUT2D eigenvalue weighted by molar-refractivity contribution is 7.99. The Morgan fingerprint density at radius 3 is 2.17 bits per heavy atom. The molecule has 0 aromatic carbocycles. The molecule has 0 spiro atoms. The molecule has 0 radical (unpaired) electrons. The lowest BCUT2D eigenvalue weighted by molar-refractivity contribution is -0.192. The van der Waals surface area contributed by atoms with Crippen LogP contribution in [0.4, 0.5) is 0 Å². The predicted molar refractivity (Wildman–Crippen MR) is 45.9 cm³/mol. The minimum absolute atomic E-state index is 0.430. The molecule has 0 saturated carbocycles. The van der Waals surface area contributed by atoms with Gasteiger partial charge < -0.3 is 20.1 Å². The first-order valence-electron chi connectivity index (χ1n) is 3.80. The average Bonchev–Trinajstić information content (AvgIpc) is 2.08. The van der Waals surface area contributed by atoms with Crippen molar-refractivity contribution in [3.8, 4) is 0 Å². The largest absolute Gasteiger partial charge is 0.388 e. The minimum Gasteiger partial charge on any atom is -0.388 e. The Labute approximate surface area is 75.5 Å². The van der Waals surface area contributed by atoms with Crippen molar-refractivity contribution >= 4 is 11.8 Å². The third-order valence-electron chi connectivity index (χ3n) is 2.04. The quantitative estimate of drug-likeness (QED) is 0.508. The summed E-state index contributed by atoms with van der Waals surface area (Å²) in [6.45, 7) is 1.67. The SMILES string of the molecule is CSC1OC(C)C(O)C(O)C1O. The molecule has 4 nitrogen and oxygen atoms in total. The van der Waals surface area contributed by atoms with Gasteiger partial charge in [-0.2, -0.15) is 0 Å². The number of aliphatic hydroxyl groups is 3. The first-order chi connectivity index (χ1) is 5.57. The molecular weight excluding hydrogens is 180 g/mol. The predicted octanol–water partition coefficient (Wildman–Crippen LogP) is -0.823. The lowest BCUT2D eigenvalue weighted by Crippen LogP contribution is -2.55. The van der Waals surface area contributed by atoms with E-state index >= 15 is 0 Å². The van der Waals surface area contributed by atoms with E-state index in [1.807, 2.05) is 0 Å². The number of hydrogen-bond donors (Lipinski definition) is 3. The molecule has 1 saturated heterocycles. The van der Waals surface area contributed by atoms with E-state index in [4.69, 9.17) is 4.74 Å². The van der Waals surface area contributed by atoms with E-state index in [0.717, 1.165) is 0 Å². The molecule has 0 aliphatic carbocycles. The van der Waals surface area contributed by atoms with Gasteiger partial charge in [0.15, 0.2) is 0 Å². The van der Waals surface area contributed by atoms with E-state index < -0.39 is 29.9 Å². The van der Waals surface area contributed by atoms with Crippen molar-refractivity contribution in [2.24, 2.45) is 0 Å². The highest BCUT2D eigenvalue weighted by atomic mass is 32.2. The normalized spacial score (nSPS) is 49.2. The number of rotatable bonds is 1. The van der Waals surface area contributed by atoms with Gasteiger partial charge in [0, 0.05) is 0 Å². The van der Waals surface area contributed by atoms with Gasteiger partial charge in [0.1, 0.15) is 23.7 Å². The molecule has 1 aliphatic rings. The van der Waals surface area contributed by atoms with Crippen molar-refractivity contribution in [1.82, 2.24) is 0 Å². The maximum atomic E-state index is 9.37. The third-order valence-corrected chi connectivity index (χ3v) is 2.90. The monoisotopic (exact) mass is 194 g/mol. The van der Waals surface area contributed by atoms with Crippen LogP contribution in [0.3, 0.4) is 0 Å². The van der Waals surface area contributed by atoms with E-state index in [0.29, 0.717) is 0 Å². The third kappa shape index (κ3) is 1.75. The Bertz CT molecular complexity index is 150. The zero-order chi connectivity index (χ0) is 9.30. The molecule has 0 bridgehead atoms. The maximum absolute atomic E-state index is 9.37. The van der Waals surface area contributed by atoms with E-state index in [9.17, 15) is 15.3 Å². The number of thioether (sulfide) groups is 1. The second-order valence-corrected chi connectivity index (χ2v) is 3.85. The fraction of sp³-hybridized carbons (Fsp3) is 1.00. The van der Waals surface area contributed by atoms with Crippen molar-refractivity contribution < 1.29 is 20.1 Å². The van der Waals surface area contributed by atoms with Gasteiger partial charge in [-0.05, 0) is 13.2 Å². The van der Waals surface area contributed by atoms with Crippen LogP contribution in [0.5, 0.6) is 0 Å². The maximum Gasteiger partial charge on any atom is 0.132 e. The van der Waals surface area contributed by atoms with Gasteiger partial charge in [-0.1, -0.05) is 0 Å². The molecule has 1 fully saturated rings. The van der Waals surface area contributed by atoms with E-state index in [2.05, 4.69) is 0 Å². The summed E-state index contributed by atoms with van der Waals surface area (Å²) < 4.78 is 5.23. The van der Waals surface area contributed by atoms with Crippen molar-refractivity contribution in [3.63, 3.8) is 0 Å².